The van der Waals surface area contributed by atoms with Crippen LogP contribution < -0.4 is 11.1 Å². The van der Waals surface area contributed by atoms with E-state index < -0.39 is 6.10 Å². The molecule has 88 valence electrons. The van der Waals surface area contributed by atoms with Crippen molar-refractivity contribution in [1.29, 1.82) is 0 Å². The molecule has 0 aliphatic rings. The molecular weight excluding hydrogens is 303 g/mol. The van der Waals surface area contributed by atoms with Crippen molar-refractivity contribution in [2.75, 3.05) is 18.4 Å². The Morgan fingerprint density at radius 1 is 1.33 bits per heavy atom. The van der Waals surface area contributed by atoms with E-state index in [0.717, 1.165) is 10.2 Å². The fourth-order valence-corrected chi connectivity index (χ4v) is 1.34. The van der Waals surface area contributed by atoms with Gasteiger partial charge in [0.25, 0.3) is 0 Å². The molecule has 0 saturated heterocycles. The van der Waals surface area contributed by atoms with Gasteiger partial charge in [-0.2, -0.15) is 0 Å². The molecule has 1 aromatic rings. The van der Waals surface area contributed by atoms with E-state index >= 15 is 0 Å². The van der Waals surface area contributed by atoms with Crippen LogP contribution in [-0.4, -0.2) is 24.3 Å². The van der Waals surface area contributed by atoms with Gasteiger partial charge in [0, 0.05) is 23.2 Å². The van der Waals surface area contributed by atoms with E-state index in [2.05, 4.69) is 21.2 Å². The maximum atomic E-state index is 9.21. The van der Waals surface area contributed by atoms with Gasteiger partial charge in [-0.25, -0.2) is 0 Å². The number of hydrogen-bond donors (Lipinski definition) is 3. The fraction of sp³-hybridized carbons (Fsp3) is 0.333. The lowest BCUT2D eigenvalue weighted by atomic mass is 10.3. The third-order valence-electron chi connectivity index (χ3n) is 1.67. The second kappa shape index (κ2) is 9.24. The number of aliphatic hydroxyl groups is 1. The Balaban J connectivity index is 0. The first-order valence-electron chi connectivity index (χ1n) is 4.10. The van der Waals surface area contributed by atoms with Gasteiger partial charge in [0.1, 0.15) is 0 Å². The Kier molecular flexibility index (Phi) is 10.7. The lowest BCUT2D eigenvalue weighted by Crippen LogP contribution is -2.27. The van der Waals surface area contributed by atoms with Gasteiger partial charge in [-0.1, -0.05) is 12.1 Å². The van der Waals surface area contributed by atoms with Gasteiger partial charge in [0.15, 0.2) is 0 Å². The molecule has 0 aromatic heterocycles. The Labute approximate surface area is 110 Å². The zero-order chi connectivity index (χ0) is 9.68. The Morgan fingerprint density at radius 2 is 1.93 bits per heavy atom. The number of benzene rings is 1. The molecule has 0 spiro atoms. The first-order valence-corrected chi connectivity index (χ1v) is 4.90. The summed E-state index contributed by atoms with van der Waals surface area (Å²) in [6.45, 7) is 0.747. The molecule has 0 heterocycles. The van der Waals surface area contributed by atoms with Crippen molar-refractivity contribution in [3.63, 3.8) is 0 Å². The Hall–Kier alpha value is -0.000000000000000111. The normalized spacial score (nSPS) is 10.9. The van der Waals surface area contributed by atoms with Gasteiger partial charge in [0.2, 0.25) is 0 Å². The standard InChI is InChI=1S/C9H13BrN2O.2ClH/c10-8-3-1-2-4-9(8)12-6-7(13)5-11;;/h1-4,7,12-13H,5-6,11H2;2*1H. The summed E-state index contributed by atoms with van der Waals surface area (Å²) in [4.78, 5) is 0. The second-order valence-electron chi connectivity index (χ2n) is 2.75. The van der Waals surface area contributed by atoms with Crippen molar-refractivity contribution in [2.24, 2.45) is 5.73 Å². The van der Waals surface area contributed by atoms with Crippen molar-refractivity contribution in [3.8, 4) is 0 Å². The van der Waals surface area contributed by atoms with Crippen LogP contribution in [0.4, 0.5) is 5.69 Å². The van der Waals surface area contributed by atoms with E-state index in [1.807, 2.05) is 24.3 Å². The predicted molar refractivity (Wildman–Crippen MR) is 72.2 cm³/mol. The number of halogens is 3. The molecule has 0 fully saturated rings. The first kappa shape index (κ1) is 17.4. The Morgan fingerprint density at radius 3 is 2.47 bits per heavy atom. The van der Waals surface area contributed by atoms with Crippen LogP contribution in [0.2, 0.25) is 0 Å². The SMILES string of the molecule is Cl.Cl.NCC(O)CNc1ccccc1Br. The quantitative estimate of drug-likeness (QED) is 0.796. The first-order chi connectivity index (χ1) is 6.24. The number of anilines is 1. The molecule has 1 atom stereocenters. The molecule has 0 aliphatic heterocycles. The number of para-hydroxylation sites is 1. The number of rotatable bonds is 4. The highest BCUT2D eigenvalue weighted by Crippen LogP contribution is 2.20. The summed E-state index contributed by atoms with van der Waals surface area (Å²) < 4.78 is 0.985. The average Bonchev–Trinajstić information content (AvgIpc) is 2.16. The van der Waals surface area contributed by atoms with Crippen molar-refractivity contribution in [2.45, 2.75) is 6.10 Å². The minimum atomic E-state index is -0.493. The van der Waals surface area contributed by atoms with Crippen molar-refractivity contribution >= 4 is 46.4 Å². The van der Waals surface area contributed by atoms with Crippen LogP contribution in [0, 0.1) is 0 Å². The molecule has 1 aromatic carbocycles. The molecule has 0 saturated carbocycles. The zero-order valence-corrected chi connectivity index (χ0v) is 11.2. The van der Waals surface area contributed by atoms with Crippen LogP contribution in [0.25, 0.3) is 0 Å². The largest absolute Gasteiger partial charge is 0.390 e. The number of hydrogen-bond acceptors (Lipinski definition) is 3. The molecule has 0 bridgehead atoms. The van der Waals surface area contributed by atoms with E-state index in [1.165, 1.54) is 0 Å². The van der Waals surface area contributed by atoms with Gasteiger partial charge in [-0.15, -0.1) is 24.8 Å². The summed E-state index contributed by atoms with van der Waals surface area (Å²) >= 11 is 3.39. The van der Waals surface area contributed by atoms with Crippen LogP contribution in [0.3, 0.4) is 0 Å². The molecule has 1 rings (SSSR count). The third kappa shape index (κ3) is 6.22. The highest BCUT2D eigenvalue weighted by Gasteiger charge is 2.01. The topological polar surface area (TPSA) is 58.3 Å². The summed E-state index contributed by atoms with van der Waals surface area (Å²) in [5.41, 5.74) is 6.24. The second-order valence-corrected chi connectivity index (χ2v) is 3.60. The van der Waals surface area contributed by atoms with E-state index in [9.17, 15) is 5.11 Å². The summed E-state index contributed by atoms with van der Waals surface area (Å²) in [7, 11) is 0. The summed E-state index contributed by atoms with van der Waals surface area (Å²) in [6.07, 6.45) is -0.493. The molecule has 15 heavy (non-hydrogen) atoms. The molecule has 4 N–H and O–H groups in total. The maximum absolute atomic E-state index is 9.21. The van der Waals surface area contributed by atoms with E-state index in [-0.39, 0.29) is 31.4 Å². The summed E-state index contributed by atoms with van der Waals surface area (Å²) in [6, 6.07) is 7.75. The maximum Gasteiger partial charge on any atom is 0.0834 e. The minimum absolute atomic E-state index is 0. The van der Waals surface area contributed by atoms with Crippen LogP contribution in [-0.2, 0) is 0 Å². The zero-order valence-electron chi connectivity index (χ0n) is 8.02. The van der Waals surface area contributed by atoms with Crippen molar-refractivity contribution in [3.05, 3.63) is 28.7 Å². The van der Waals surface area contributed by atoms with Crippen LogP contribution in [0.1, 0.15) is 0 Å². The van der Waals surface area contributed by atoms with Gasteiger partial charge in [-0.3, -0.25) is 0 Å². The van der Waals surface area contributed by atoms with Crippen molar-refractivity contribution < 1.29 is 5.11 Å². The monoisotopic (exact) mass is 316 g/mol. The van der Waals surface area contributed by atoms with Gasteiger partial charge < -0.3 is 16.2 Å². The third-order valence-corrected chi connectivity index (χ3v) is 2.37. The molecule has 1 unspecified atom stereocenters. The fourth-order valence-electron chi connectivity index (χ4n) is 0.916. The van der Waals surface area contributed by atoms with E-state index in [4.69, 9.17) is 5.73 Å². The van der Waals surface area contributed by atoms with Gasteiger partial charge in [0.05, 0.1) is 6.10 Å². The predicted octanol–water partition coefficient (Wildman–Crippen LogP) is 2.02. The molecule has 0 amide bonds. The molecule has 6 heteroatoms. The van der Waals surface area contributed by atoms with Crippen LogP contribution in [0.15, 0.2) is 28.7 Å². The van der Waals surface area contributed by atoms with Crippen molar-refractivity contribution in [1.82, 2.24) is 0 Å². The van der Waals surface area contributed by atoms with Crippen LogP contribution >= 0.6 is 40.7 Å². The lowest BCUT2D eigenvalue weighted by molar-refractivity contribution is 0.196. The average molecular weight is 318 g/mol. The molecule has 0 radical (unpaired) electrons. The minimum Gasteiger partial charge on any atom is -0.390 e. The molecular formula is C9H15BrCl2N2O. The lowest BCUT2D eigenvalue weighted by Gasteiger charge is -2.11. The Bertz CT molecular complexity index is 276. The van der Waals surface area contributed by atoms with Gasteiger partial charge in [-0.05, 0) is 28.1 Å². The molecule has 3 nitrogen and oxygen atoms in total. The molecule has 0 aliphatic carbocycles. The van der Waals surface area contributed by atoms with Crippen LogP contribution in [0.5, 0.6) is 0 Å². The summed E-state index contributed by atoms with van der Waals surface area (Å²) in [5.74, 6) is 0. The van der Waals surface area contributed by atoms with Gasteiger partial charge >= 0.3 is 0 Å². The number of nitrogens with two attached hydrogens (primary N) is 1. The summed E-state index contributed by atoms with van der Waals surface area (Å²) in [5, 5.41) is 12.3. The highest BCUT2D eigenvalue weighted by molar-refractivity contribution is 9.10. The smallest absolute Gasteiger partial charge is 0.0834 e. The highest BCUT2D eigenvalue weighted by atomic mass is 79.9. The van der Waals surface area contributed by atoms with E-state index in [1.54, 1.807) is 0 Å². The van der Waals surface area contributed by atoms with E-state index in [0.29, 0.717) is 6.54 Å². The number of aliphatic hydroxyl groups excluding tert-OH is 1. The number of nitrogens with one attached hydrogen (secondary N) is 1.